The van der Waals surface area contributed by atoms with Crippen LogP contribution in [0.15, 0.2) is 24.3 Å². The molecule has 0 saturated carbocycles. The number of benzene rings is 1. The fraction of sp³-hybridized carbons (Fsp3) is 0.111. The van der Waals surface area contributed by atoms with Crippen molar-refractivity contribution in [2.24, 2.45) is 0 Å². The molecule has 0 spiro atoms. The number of carbonyl (C=O) groups is 1. The van der Waals surface area contributed by atoms with E-state index in [1.165, 1.54) is 11.5 Å². The van der Waals surface area contributed by atoms with Crippen LogP contribution in [0.3, 0.4) is 0 Å². The lowest BCUT2D eigenvalue weighted by Crippen LogP contribution is -2.09. The van der Waals surface area contributed by atoms with Crippen LogP contribution >= 0.6 is 11.5 Å². The summed E-state index contributed by atoms with van der Waals surface area (Å²) in [7, 11) is 1.82. The molecule has 82 valence electrons. The maximum absolute atomic E-state index is 10.7. The third-order valence-electron chi connectivity index (χ3n) is 2.08. The third kappa shape index (κ3) is 1.98. The molecule has 6 nitrogen and oxygen atoms in total. The average molecular weight is 236 g/mol. The van der Waals surface area contributed by atoms with Gasteiger partial charge in [0.1, 0.15) is 0 Å². The van der Waals surface area contributed by atoms with Crippen molar-refractivity contribution in [3.8, 4) is 0 Å². The number of hydrogen-bond donors (Lipinski definition) is 1. The quantitative estimate of drug-likeness (QED) is 0.867. The second kappa shape index (κ2) is 4.23. The Morgan fingerprint density at radius 3 is 2.56 bits per heavy atom. The molecule has 16 heavy (non-hydrogen) atoms. The zero-order valence-electron chi connectivity index (χ0n) is 8.36. The summed E-state index contributed by atoms with van der Waals surface area (Å²) in [5.41, 5.74) is 1.09. The van der Waals surface area contributed by atoms with Gasteiger partial charge in [0, 0.05) is 24.3 Å². The molecule has 0 fully saturated rings. The summed E-state index contributed by atoms with van der Waals surface area (Å²) < 4.78 is 3.66. The van der Waals surface area contributed by atoms with Crippen LogP contribution in [-0.4, -0.2) is 32.9 Å². The Labute approximate surface area is 95.3 Å². The van der Waals surface area contributed by atoms with Gasteiger partial charge in [0.25, 0.3) is 0 Å². The molecule has 0 amide bonds. The molecule has 1 aromatic carbocycles. The van der Waals surface area contributed by atoms with E-state index in [0.29, 0.717) is 5.13 Å². The molecule has 0 bridgehead atoms. The first-order chi connectivity index (χ1) is 7.68. The highest BCUT2D eigenvalue weighted by atomic mass is 32.1. The standard InChI is InChI=1S/C9H8N4O2S/c1-13(9-10-11-12-16-9)7-4-2-6(3-5-7)8(14)15/h2-5H,1H3,(H,14,15). The molecule has 7 heteroatoms. The molecular weight excluding hydrogens is 228 g/mol. The smallest absolute Gasteiger partial charge is 0.335 e. The number of carboxylic acids is 1. The Morgan fingerprint density at radius 1 is 1.38 bits per heavy atom. The van der Waals surface area contributed by atoms with Crippen LogP contribution in [0.1, 0.15) is 10.4 Å². The van der Waals surface area contributed by atoms with E-state index in [-0.39, 0.29) is 5.56 Å². The Balaban J connectivity index is 2.25. The first kappa shape index (κ1) is 10.5. The van der Waals surface area contributed by atoms with Gasteiger partial charge in [-0.05, 0) is 29.5 Å². The summed E-state index contributed by atoms with van der Waals surface area (Å²) in [6.07, 6.45) is 0. The van der Waals surface area contributed by atoms with Crippen molar-refractivity contribution in [1.29, 1.82) is 0 Å². The number of aromatic carboxylic acids is 1. The lowest BCUT2D eigenvalue weighted by Gasteiger charge is -2.14. The monoisotopic (exact) mass is 236 g/mol. The lowest BCUT2D eigenvalue weighted by molar-refractivity contribution is 0.0697. The van der Waals surface area contributed by atoms with Gasteiger partial charge in [-0.3, -0.25) is 0 Å². The second-order valence-corrected chi connectivity index (χ2v) is 3.77. The Hall–Kier alpha value is -2.02. The zero-order valence-corrected chi connectivity index (χ0v) is 9.18. The van der Waals surface area contributed by atoms with Gasteiger partial charge in [0.2, 0.25) is 5.13 Å². The molecule has 0 aliphatic carbocycles. The number of aromatic nitrogens is 3. The summed E-state index contributed by atoms with van der Waals surface area (Å²) in [5.74, 6) is -0.938. The highest BCUT2D eigenvalue weighted by Gasteiger charge is 2.09. The molecule has 0 aliphatic heterocycles. The van der Waals surface area contributed by atoms with E-state index in [4.69, 9.17) is 5.11 Å². The fourth-order valence-corrected chi connectivity index (χ4v) is 1.64. The van der Waals surface area contributed by atoms with Crippen molar-refractivity contribution in [1.82, 2.24) is 14.8 Å². The minimum absolute atomic E-state index is 0.257. The minimum Gasteiger partial charge on any atom is -0.478 e. The van der Waals surface area contributed by atoms with Crippen LogP contribution in [0, 0.1) is 0 Å². The topological polar surface area (TPSA) is 79.2 Å². The molecule has 0 unspecified atom stereocenters. The first-order valence-corrected chi connectivity index (χ1v) is 5.18. The maximum Gasteiger partial charge on any atom is 0.335 e. The van der Waals surface area contributed by atoms with Gasteiger partial charge in [-0.25, -0.2) is 4.79 Å². The molecule has 0 saturated heterocycles. The SMILES string of the molecule is CN(c1ccc(C(=O)O)cc1)c1nnns1. The zero-order chi connectivity index (χ0) is 11.5. The van der Waals surface area contributed by atoms with Gasteiger partial charge >= 0.3 is 5.97 Å². The summed E-state index contributed by atoms with van der Waals surface area (Å²) in [6, 6.07) is 6.51. The van der Waals surface area contributed by atoms with E-state index in [9.17, 15) is 4.79 Å². The Kier molecular flexibility index (Phi) is 2.78. The lowest BCUT2D eigenvalue weighted by atomic mass is 10.2. The second-order valence-electron chi connectivity index (χ2n) is 3.06. The van der Waals surface area contributed by atoms with Gasteiger partial charge in [-0.1, -0.05) is 9.59 Å². The number of hydrogen-bond acceptors (Lipinski definition) is 6. The molecular formula is C9H8N4O2S. The fourth-order valence-electron chi connectivity index (χ4n) is 1.20. The van der Waals surface area contributed by atoms with Crippen LogP contribution in [0.4, 0.5) is 10.8 Å². The van der Waals surface area contributed by atoms with Gasteiger partial charge < -0.3 is 10.0 Å². The highest BCUT2D eigenvalue weighted by molar-refractivity contribution is 7.09. The normalized spacial score (nSPS) is 10.1. The molecule has 0 atom stereocenters. The molecule has 2 aromatic rings. The van der Waals surface area contributed by atoms with Gasteiger partial charge in [0.15, 0.2) is 0 Å². The summed E-state index contributed by atoms with van der Waals surface area (Å²) >= 11 is 1.17. The molecule has 1 N–H and O–H groups in total. The summed E-state index contributed by atoms with van der Waals surface area (Å²) in [6.45, 7) is 0. The van der Waals surface area contributed by atoms with Crippen molar-refractivity contribution < 1.29 is 9.90 Å². The van der Waals surface area contributed by atoms with Crippen LogP contribution in [0.5, 0.6) is 0 Å². The first-order valence-electron chi connectivity index (χ1n) is 4.40. The molecule has 1 heterocycles. The Bertz CT molecular complexity index is 483. The van der Waals surface area contributed by atoms with Crippen LogP contribution in [0.25, 0.3) is 0 Å². The molecule has 2 rings (SSSR count). The number of rotatable bonds is 3. The minimum atomic E-state index is -0.938. The third-order valence-corrected chi connectivity index (χ3v) is 2.75. The van der Waals surface area contributed by atoms with Crippen LogP contribution < -0.4 is 4.90 Å². The highest BCUT2D eigenvalue weighted by Crippen LogP contribution is 2.23. The van der Waals surface area contributed by atoms with Crippen LogP contribution in [-0.2, 0) is 0 Å². The summed E-state index contributed by atoms with van der Waals surface area (Å²) in [4.78, 5) is 12.5. The van der Waals surface area contributed by atoms with Crippen LogP contribution in [0.2, 0.25) is 0 Å². The van der Waals surface area contributed by atoms with Crippen molar-refractivity contribution in [3.63, 3.8) is 0 Å². The van der Waals surface area contributed by atoms with Gasteiger partial charge in [-0.2, -0.15) is 0 Å². The van der Waals surface area contributed by atoms with E-state index in [1.807, 2.05) is 7.05 Å². The van der Waals surface area contributed by atoms with Crippen molar-refractivity contribution in [2.75, 3.05) is 11.9 Å². The van der Waals surface area contributed by atoms with Crippen molar-refractivity contribution >= 4 is 28.3 Å². The van der Waals surface area contributed by atoms with E-state index in [2.05, 4.69) is 14.8 Å². The predicted molar refractivity (Wildman–Crippen MR) is 59.2 cm³/mol. The molecule has 0 aliphatic rings. The van der Waals surface area contributed by atoms with Gasteiger partial charge in [0.05, 0.1) is 5.56 Å². The largest absolute Gasteiger partial charge is 0.478 e. The average Bonchev–Trinajstić information content (AvgIpc) is 2.81. The predicted octanol–water partition coefficient (Wildman–Crippen LogP) is 1.40. The number of nitrogens with zero attached hydrogens (tertiary/aromatic N) is 4. The maximum atomic E-state index is 10.7. The van der Waals surface area contributed by atoms with Crippen molar-refractivity contribution in [3.05, 3.63) is 29.8 Å². The van der Waals surface area contributed by atoms with E-state index in [0.717, 1.165) is 5.69 Å². The number of anilines is 2. The number of carboxylic acid groups (broad SMARTS) is 1. The summed E-state index contributed by atoms with van der Waals surface area (Å²) in [5, 5.41) is 16.7. The molecule has 0 radical (unpaired) electrons. The molecule has 1 aromatic heterocycles. The van der Waals surface area contributed by atoms with E-state index < -0.39 is 5.97 Å². The van der Waals surface area contributed by atoms with Crippen molar-refractivity contribution in [2.45, 2.75) is 0 Å². The van der Waals surface area contributed by atoms with E-state index in [1.54, 1.807) is 29.2 Å². The Morgan fingerprint density at radius 2 is 2.06 bits per heavy atom. The van der Waals surface area contributed by atoms with E-state index >= 15 is 0 Å². The van der Waals surface area contributed by atoms with Gasteiger partial charge in [-0.15, -0.1) is 0 Å².